The van der Waals surface area contributed by atoms with Crippen molar-refractivity contribution >= 4 is 32.7 Å². The summed E-state index contributed by atoms with van der Waals surface area (Å²) < 4.78 is 6.18. The number of hydrogen-bond donors (Lipinski definition) is 0. The molecule has 2 aromatic heterocycles. The third-order valence-electron chi connectivity index (χ3n) is 10.1. The molecular formula is C50H32N2O. The van der Waals surface area contributed by atoms with Crippen LogP contribution in [0.2, 0.25) is 0 Å². The van der Waals surface area contributed by atoms with E-state index in [-0.39, 0.29) is 0 Å². The Balaban J connectivity index is 1.17. The highest BCUT2D eigenvalue weighted by molar-refractivity contribution is 6.06. The normalized spacial score (nSPS) is 11.4. The molecule has 2 heterocycles. The van der Waals surface area contributed by atoms with Crippen LogP contribution in [0.3, 0.4) is 0 Å². The van der Waals surface area contributed by atoms with Crippen molar-refractivity contribution in [1.82, 2.24) is 9.97 Å². The van der Waals surface area contributed by atoms with Crippen LogP contribution in [0.5, 0.6) is 0 Å². The second-order valence-corrected chi connectivity index (χ2v) is 13.4. The number of furan rings is 1. The summed E-state index contributed by atoms with van der Waals surface area (Å²) in [6.07, 6.45) is 0. The topological polar surface area (TPSA) is 38.9 Å². The summed E-state index contributed by atoms with van der Waals surface area (Å²) in [5, 5.41) is 4.65. The first-order chi connectivity index (χ1) is 26.2. The van der Waals surface area contributed by atoms with Crippen molar-refractivity contribution < 1.29 is 4.42 Å². The predicted molar refractivity (Wildman–Crippen MR) is 219 cm³/mol. The Morgan fingerprint density at radius 2 is 0.868 bits per heavy atom. The van der Waals surface area contributed by atoms with Crippen molar-refractivity contribution in [2.75, 3.05) is 0 Å². The van der Waals surface area contributed by atoms with E-state index in [1.165, 1.54) is 16.3 Å². The van der Waals surface area contributed by atoms with Crippen molar-refractivity contribution in [3.63, 3.8) is 0 Å². The molecule has 0 N–H and O–H groups in total. The van der Waals surface area contributed by atoms with Gasteiger partial charge in [0, 0.05) is 27.5 Å². The lowest BCUT2D eigenvalue weighted by Crippen LogP contribution is -1.97. The van der Waals surface area contributed by atoms with Crippen LogP contribution >= 0.6 is 0 Å². The Kier molecular flexibility index (Phi) is 7.47. The molecule has 10 rings (SSSR count). The SMILES string of the molecule is c1ccc(-c2cc(-c3ccc4oc5ccccc5c4c3)cc(-c3cc(-c4ccccc4)nc(-c4cccc(-c5cccc6ccccc56)c4)n3)c2)cc1. The minimum Gasteiger partial charge on any atom is -0.456 e. The minimum atomic E-state index is 0.682. The van der Waals surface area contributed by atoms with Gasteiger partial charge in [-0.25, -0.2) is 9.97 Å². The monoisotopic (exact) mass is 676 g/mol. The number of aromatic nitrogens is 2. The summed E-state index contributed by atoms with van der Waals surface area (Å²) >= 11 is 0. The lowest BCUT2D eigenvalue weighted by atomic mass is 9.93. The van der Waals surface area contributed by atoms with Gasteiger partial charge >= 0.3 is 0 Å². The minimum absolute atomic E-state index is 0.682. The zero-order valence-electron chi connectivity index (χ0n) is 28.8. The molecule has 0 radical (unpaired) electrons. The van der Waals surface area contributed by atoms with Crippen molar-refractivity contribution in [2.24, 2.45) is 0 Å². The zero-order chi connectivity index (χ0) is 35.1. The van der Waals surface area contributed by atoms with Gasteiger partial charge in [0.2, 0.25) is 0 Å². The molecule has 0 aliphatic rings. The fourth-order valence-electron chi connectivity index (χ4n) is 7.43. The smallest absolute Gasteiger partial charge is 0.160 e. The number of nitrogens with zero attached hydrogens (tertiary/aromatic N) is 2. The summed E-state index contributed by atoms with van der Waals surface area (Å²) in [6.45, 7) is 0. The molecule has 53 heavy (non-hydrogen) atoms. The summed E-state index contributed by atoms with van der Waals surface area (Å²) in [7, 11) is 0. The number of rotatable bonds is 6. The first kappa shape index (κ1) is 30.7. The van der Waals surface area contributed by atoms with Crippen LogP contribution in [-0.4, -0.2) is 9.97 Å². The van der Waals surface area contributed by atoms with E-state index in [1.54, 1.807) is 0 Å². The largest absolute Gasteiger partial charge is 0.456 e. The lowest BCUT2D eigenvalue weighted by molar-refractivity contribution is 0.669. The molecule has 3 heteroatoms. The quantitative estimate of drug-likeness (QED) is 0.176. The number of benzene rings is 8. The highest BCUT2D eigenvalue weighted by Crippen LogP contribution is 2.38. The molecule has 248 valence electrons. The maximum atomic E-state index is 6.18. The van der Waals surface area contributed by atoms with E-state index in [0.717, 1.165) is 77.8 Å². The van der Waals surface area contributed by atoms with Gasteiger partial charge in [0.25, 0.3) is 0 Å². The van der Waals surface area contributed by atoms with E-state index < -0.39 is 0 Å². The first-order valence-corrected chi connectivity index (χ1v) is 17.9. The maximum Gasteiger partial charge on any atom is 0.160 e. The van der Waals surface area contributed by atoms with Crippen LogP contribution in [0, 0.1) is 0 Å². The average Bonchev–Trinajstić information content (AvgIpc) is 3.62. The summed E-state index contributed by atoms with van der Waals surface area (Å²) in [5.74, 6) is 0.682. The molecule has 0 bridgehead atoms. The van der Waals surface area contributed by atoms with Crippen LogP contribution in [0.1, 0.15) is 0 Å². The molecular weight excluding hydrogens is 645 g/mol. The second kappa shape index (κ2) is 12.9. The third-order valence-corrected chi connectivity index (χ3v) is 10.1. The molecule has 0 saturated carbocycles. The number of para-hydroxylation sites is 1. The Morgan fingerprint density at radius 1 is 0.302 bits per heavy atom. The van der Waals surface area contributed by atoms with Crippen molar-refractivity contribution in [2.45, 2.75) is 0 Å². The highest BCUT2D eigenvalue weighted by atomic mass is 16.3. The van der Waals surface area contributed by atoms with Gasteiger partial charge in [0.1, 0.15) is 11.2 Å². The Hall–Kier alpha value is -7.10. The Morgan fingerprint density at radius 3 is 1.70 bits per heavy atom. The van der Waals surface area contributed by atoms with Gasteiger partial charge in [-0.05, 0) is 92.7 Å². The van der Waals surface area contributed by atoms with E-state index in [9.17, 15) is 0 Å². The van der Waals surface area contributed by atoms with Gasteiger partial charge in [-0.2, -0.15) is 0 Å². The van der Waals surface area contributed by atoms with E-state index in [4.69, 9.17) is 14.4 Å². The Labute approximate surface area is 307 Å². The molecule has 0 aliphatic carbocycles. The van der Waals surface area contributed by atoms with Gasteiger partial charge in [-0.15, -0.1) is 0 Å². The van der Waals surface area contributed by atoms with Gasteiger partial charge in [-0.1, -0.05) is 146 Å². The van der Waals surface area contributed by atoms with Crippen LogP contribution in [0.4, 0.5) is 0 Å². The van der Waals surface area contributed by atoms with E-state index in [0.29, 0.717) is 5.82 Å². The van der Waals surface area contributed by atoms with E-state index in [2.05, 4.69) is 176 Å². The van der Waals surface area contributed by atoms with Gasteiger partial charge in [0.15, 0.2) is 5.82 Å². The predicted octanol–water partition coefficient (Wildman–Crippen LogP) is 13.5. The molecule has 0 atom stereocenters. The molecule has 0 amide bonds. The van der Waals surface area contributed by atoms with E-state index >= 15 is 0 Å². The fourth-order valence-corrected chi connectivity index (χ4v) is 7.43. The van der Waals surface area contributed by atoms with Crippen LogP contribution in [-0.2, 0) is 0 Å². The van der Waals surface area contributed by atoms with Gasteiger partial charge in [0.05, 0.1) is 11.4 Å². The van der Waals surface area contributed by atoms with Crippen molar-refractivity contribution in [1.29, 1.82) is 0 Å². The van der Waals surface area contributed by atoms with Crippen LogP contribution in [0.15, 0.2) is 199 Å². The van der Waals surface area contributed by atoms with Crippen molar-refractivity contribution in [3.05, 3.63) is 194 Å². The molecule has 0 fully saturated rings. The molecule has 0 saturated heterocycles. The zero-order valence-corrected chi connectivity index (χ0v) is 28.8. The molecule has 3 nitrogen and oxygen atoms in total. The molecule has 0 spiro atoms. The molecule has 0 unspecified atom stereocenters. The summed E-state index contributed by atoms with van der Waals surface area (Å²) in [5.41, 5.74) is 13.3. The fraction of sp³-hybridized carbons (Fsp3) is 0. The number of hydrogen-bond acceptors (Lipinski definition) is 3. The average molecular weight is 677 g/mol. The summed E-state index contributed by atoms with van der Waals surface area (Å²) in [6, 6.07) is 68.1. The summed E-state index contributed by atoms with van der Waals surface area (Å²) in [4.78, 5) is 10.5. The Bertz CT molecular complexity index is 2940. The second-order valence-electron chi connectivity index (χ2n) is 13.4. The van der Waals surface area contributed by atoms with E-state index in [1.807, 2.05) is 18.2 Å². The van der Waals surface area contributed by atoms with Crippen LogP contribution in [0.25, 0.3) is 100.0 Å². The standard InChI is InChI=1S/C50H32N2O/c1-3-13-33(14-4-1)39-28-40(36-25-26-49-45(31-36)44-22-9-10-24-48(44)53-49)30-41(29-39)47-32-46(35-16-5-2-6-17-35)51-50(52-47)38-20-11-19-37(27-38)43-23-12-18-34-15-7-8-21-42(34)43/h1-32H. The number of fused-ring (bicyclic) bond motifs is 4. The molecule has 0 aliphatic heterocycles. The lowest BCUT2D eigenvalue weighted by Gasteiger charge is -2.14. The molecule has 8 aromatic carbocycles. The maximum absolute atomic E-state index is 6.18. The van der Waals surface area contributed by atoms with Crippen molar-refractivity contribution in [3.8, 4) is 67.3 Å². The highest BCUT2D eigenvalue weighted by Gasteiger charge is 2.16. The third kappa shape index (κ3) is 5.75. The van der Waals surface area contributed by atoms with Gasteiger partial charge < -0.3 is 4.42 Å². The van der Waals surface area contributed by atoms with Gasteiger partial charge in [-0.3, -0.25) is 0 Å². The molecule has 10 aromatic rings. The first-order valence-electron chi connectivity index (χ1n) is 17.9. The van der Waals surface area contributed by atoms with Crippen LogP contribution < -0.4 is 0 Å².